The van der Waals surface area contributed by atoms with Crippen molar-refractivity contribution in [1.82, 2.24) is 4.90 Å². The van der Waals surface area contributed by atoms with Gasteiger partial charge in [0.2, 0.25) is 0 Å². The number of thiophene rings is 1. The lowest BCUT2D eigenvalue weighted by Crippen LogP contribution is -2.39. The highest BCUT2D eigenvalue weighted by Crippen LogP contribution is 2.40. The van der Waals surface area contributed by atoms with E-state index in [0.29, 0.717) is 6.42 Å². The first-order valence-corrected chi connectivity index (χ1v) is 9.97. The number of nitrogens with zero attached hydrogens (tertiary/aromatic N) is 1. The van der Waals surface area contributed by atoms with E-state index < -0.39 is 12.0 Å². The summed E-state index contributed by atoms with van der Waals surface area (Å²) in [6.07, 6.45) is 1.64. The molecular weight excluding hydrogens is 398 g/mol. The van der Waals surface area contributed by atoms with Crippen molar-refractivity contribution in [3.8, 4) is 0 Å². The molecule has 25 heavy (non-hydrogen) atoms. The number of rotatable bonds is 4. The Balaban J connectivity index is 1.83. The molecule has 0 bridgehead atoms. The normalized spacial score (nSPS) is 19.3. The molecule has 2 heterocycles. The van der Waals surface area contributed by atoms with Crippen LogP contribution in [0.4, 0.5) is 0 Å². The average Bonchev–Trinajstić information content (AvgIpc) is 3.25. The average molecular weight is 416 g/mol. The minimum absolute atomic E-state index is 0.0236. The second kappa shape index (κ2) is 6.90. The molecule has 0 saturated carbocycles. The molecule has 1 aliphatic heterocycles. The molecule has 2 aromatic carbocycles. The molecule has 3 aromatic rings. The Hall–Kier alpha value is -1.69. The van der Waals surface area contributed by atoms with E-state index in [1.807, 2.05) is 18.2 Å². The summed E-state index contributed by atoms with van der Waals surface area (Å²) in [5.74, 6) is -0.723. The van der Waals surface area contributed by atoms with Gasteiger partial charge in [-0.1, -0.05) is 36.4 Å². The summed E-state index contributed by atoms with van der Waals surface area (Å²) in [6, 6.07) is 18.5. The third-order valence-corrected chi connectivity index (χ3v) is 6.54. The number of carboxylic acid groups (broad SMARTS) is 1. The van der Waals surface area contributed by atoms with Crippen molar-refractivity contribution in [1.29, 1.82) is 0 Å². The summed E-state index contributed by atoms with van der Waals surface area (Å²) in [5, 5.41) is 12.0. The first-order valence-electron chi connectivity index (χ1n) is 8.36. The molecule has 0 spiro atoms. The highest BCUT2D eigenvalue weighted by atomic mass is 79.9. The number of halogens is 1. The van der Waals surface area contributed by atoms with Gasteiger partial charge in [-0.3, -0.25) is 9.69 Å². The summed E-state index contributed by atoms with van der Waals surface area (Å²) in [6.45, 7) is 0.810. The molecule has 3 nitrogen and oxygen atoms in total. The molecule has 5 heteroatoms. The zero-order valence-electron chi connectivity index (χ0n) is 13.6. The van der Waals surface area contributed by atoms with Gasteiger partial charge in [-0.2, -0.15) is 0 Å². The SMILES string of the molecule is O=C(O)C1CCCN1C(c1ccc2ccccc2c1)c1ccc(Br)s1. The molecule has 1 aromatic heterocycles. The lowest BCUT2D eigenvalue weighted by Gasteiger charge is -2.31. The number of fused-ring (bicyclic) bond motifs is 1. The van der Waals surface area contributed by atoms with Crippen molar-refractivity contribution >= 4 is 44.0 Å². The van der Waals surface area contributed by atoms with Gasteiger partial charge in [-0.25, -0.2) is 0 Å². The number of benzene rings is 2. The predicted octanol–water partition coefficient (Wildman–Crippen LogP) is 5.30. The molecule has 1 aliphatic rings. The smallest absolute Gasteiger partial charge is 0.320 e. The number of likely N-dealkylation sites (tertiary alicyclic amines) is 1. The molecule has 4 rings (SSSR count). The number of aliphatic carboxylic acids is 1. The van der Waals surface area contributed by atoms with E-state index >= 15 is 0 Å². The van der Waals surface area contributed by atoms with E-state index in [1.165, 1.54) is 15.6 Å². The van der Waals surface area contributed by atoms with Crippen LogP contribution in [0.3, 0.4) is 0 Å². The summed E-state index contributed by atoms with van der Waals surface area (Å²) in [7, 11) is 0. The fourth-order valence-corrected chi connectivity index (χ4v) is 5.31. The third kappa shape index (κ3) is 3.24. The lowest BCUT2D eigenvalue weighted by atomic mass is 9.99. The van der Waals surface area contributed by atoms with E-state index in [1.54, 1.807) is 11.3 Å². The Morgan fingerprint density at radius 2 is 1.96 bits per heavy atom. The van der Waals surface area contributed by atoms with Crippen LogP contribution in [0.1, 0.15) is 29.3 Å². The van der Waals surface area contributed by atoms with E-state index in [0.717, 1.165) is 22.3 Å². The first-order chi connectivity index (χ1) is 12.1. The van der Waals surface area contributed by atoms with Gasteiger partial charge < -0.3 is 5.11 Å². The van der Waals surface area contributed by atoms with Gasteiger partial charge in [-0.05, 0) is 63.3 Å². The molecule has 1 fully saturated rings. The molecule has 2 atom stereocenters. The van der Waals surface area contributed by atoms with Crippen LogP contribution in [0, 0.1) is 0 Å². The highest BCUT2D eigenvalue weighted by Gasteiger charge is 2.37. The van der Waals surface area contributed by atoms with Crippen molar-refractivity contribution < 1.29 is 9.90 Å². The van der Waals surface area contributed by atoms with Crippen molar-refractivity contribution in [2.24, 2.45) is 0 Å². The van der Waals surface area contributed by atoms with Gasteiger partial charge in [0, 0.05) is 11.4 Å². The maximum Gasteiger partial charge on any atom is 0.320 e. The minimum atomic E-state index is -0.723. The number of carboxylic acids is 1. The fourth-order valence-electron chi connectivity index (χ4n) is 3.74. The van der Waals surface area contributed by atoms with Crippen LogP contribution in [-0.2, 0) is 4.79 Å². The Labute approximate surface area is 159 Å². The molecule has 0 aliphatic carbocycles. The summed E-state index contributed by atoms with van der Waals surface area (Å²) in [5.41, 5.74) is 1.15. The van der Waals surface area contributed by atoms with Gasteiger partial charge >= 0.3 is 5.97 Å². The topological polar surface area (TPSA) is 40.5 Å². The van der Waals surface area contributed by atoms with Crippen LogP contribution >= 0.6 is 27.3 Å². The quantitative estimate of drug-likeness (QED) is 0.627. The molecule has 1 N–H and O–H groups in total. The van der Waals surface area contributed by atoms with Gasteiger partial charge in [0.15, 0.2) is 0 Å². The van der Waals surface area contributed by atoms with Crippen LogP contribution in [0.2, 0.25) is 0 Å². The Bertz CT molecular complexity index is 923. The van der Waals surface area contributed by atoms with E-state index in [9.17, 15) is 9.90 Å². The molecule has 0 radical (unpaired) electrons. The summed E-state index contributed by atoms with van der Waals surface area (Å²) >= 11 is 5.23. The predicted molar refractivity (Wildman–Crippen MR) is 105 cm³/mol. The zero-order valence-corrected chi connectivity index (χ0v) is 16.0. The summed E-state index contributed by atoms with van der Waals surface area (Å²) in [4.78, 5) is 15.1. The Kier molecular flexibility index (Phi) is 4.63. The lowest BCUT2D eigenvalue weighted by molar-refractivity contribution is -0.142. The molecule has 1 saturated heterocycles. The molecule has 2 unspecified atom stereocenters. The fraction of sp³-hybridized carbons (Fsp3) is 0.250. The maximum absolute atomic E-state index is 11.7. The van der Waals surface area contributed by atoms with Gasteiger partial charge in [0.1, 0.15) is 6.04 Å². The van der Waals surface area contributed by atoms with Crippen LogP contribution in [0.25, 0.3) is 10.8 Å². The molecule has 128 valence electrons. The number of hydrogen-bond donors (Lipinski definition) is 1. The van der Waals surface area contributed by atoms with E-state index in [2.05, 4.69) is 57.2 Å². The van der Waals surface area contributed by atoms with E-state index in [4.69, 9.17) is 0 Å². The van der Waals surface area contributed by atoms with Crippen LogP contribution in [0.5, 0.6) is 0 Å². The largest absolute Gasteiger partial charge is 0.480 e. The molecular formula is C20H18BrNO2S. The number of carbonyl (C=O) groups is 1. The standard InChI is InChI=1S/C20H18BrNO2S/c21-18-10-9-17(25-18)19(22-11-3-6-16(22)20(23)24)15-8-7-13-4-1-2-5-14(13)12-15/h1-2,4-5,7-10,12,16,19H,3,6,11H2,(H,23,24). The van der Waals surface area contributed by atoms with Crippen molar-refractivity contribution in [2.75, 3.05) is 6.54 Å². The Morgan fingerprint density at radius 3 is 2.68 bits per heavy atom. The number of hydrogen-bond acceptors (Lipinski definition) is 3. The van der Waals surface area contributed by atoms with Crippen LogP contribution in [0.15, 0.2) is 58.4 Å². The second-order valence-corrected chi connectivity index (χ2v) is 8.88. The van der Waals surface area contributed by atoms with Crippen LogP contribution in [-0.4, -0.2) is 28.6 Å². The third-order valence-electron chi connectivity index (χ3n) is 4.86. The van der Waals surface area contributed by atoms with Crippen molar-refractivity contribution in [3.05, 3.63) is 68.8 Å². The maximum atomic E-state index is 11.7. The van der Waals surface area contributed by atoms with E-state index in [-0.39, 0.29) is 6.04 Å². The monoisotopic (exact) mass is 415 g/mol. The summed E-state index contributed by atoms with van der Waals surface area (Å²) < 4.78 is 1.07. The highest BCUT2D eigenvalue weighted by molar-refractivity contribution is 9.11. The minimum Gasteiger partial charge on any atom is -0.480 e. The first kappa shape index (κ1) is 16.8. The van der Waals surface area contributed by atoms with Gasteiger partial charge in [0.05, 0.1) is 9.83 Å². The second-order valence-electron chi connectivity index (χ2n) is 6.39. The van der Waals surface area contributed by atoms with Crippen molar-refractivity contribution in [2.45, 2.75) is 24.9 Å². The van der Waals surface area contributed by atoms with Gasteiger partial charge in [-0.15, -0.1) is 11.3 Å². The van der Waals surface area contributed by atoms with Gasteiger partial charge in [0.25, 0.3) is 0 Å². The van der Waals surface area contributed by atoms with Crippen molar-refractivity contribution in [3.63, 3.8) is 0 Å². The zero-order chi connectivity index (χ0) is 17.4. The van der Waals surface area contributed by atoms with Crippen LogP contribution < -0.4 is 0 Å². The molecule has 0 amide bonds. The Morgan fingerprint density at radius 1 is 1.16 bits per heavy atom.